The van der Waals surface area contributed by atoms with Gasteiger partial charge < -0.3 is 9.64 Å². The van der Waals surface area contributed by atoms with Crippen LogP contribution in [0.15, 0.2) is 22.7 Å². The average molecular weight is 324 g/mol. The topological polar surface area (TPSA) is 29.5 Å². The predicted molar refractivity (Wildman–Crippen MR) is 78.8 cm³/mol. The first-order valence-electron chi connectivity index (χ1n) is 6.82. The molecule has 2 heterocycles. The zero-order chi connectivity index (χ0) is 13.4. The molecular formula is C15H18BrNO2. The summed E-state index contributed by atoms with van der Waals surface area (Å²) in [5.74, 6) is 1.29. The van der Waals surface area contributed by atoms with E-state index < -0.39 is 0 Å². The smallest absolute Gasteiger partial charge is 0.137 e. The maximum atomic E-state index is 11.8. The van der Waals surface area contributed by atoms with Crippen LogP contribution in [0.1, 0.15) is 32.1 Å². The van der Waals surface area contributed by atoms with E-state index >= 15 is 0 Å². The molecule has 0 radical (unpaired) electrons. The van der Waals surface area contributed by atoms with Crippen LogP contribution in [-0.2, 0) is 4.79 Å². The Bertz CT molecular complexity index is 487. The van der Waals surface area contributed by atoms with E-state index in [1.54, 1.807) is 7.11 Å². The van der Waals surface area contributed by atoms with E-state index in [0.717, 1.165) is 23.1 Å². The molecular weight excluding hydrogens is 306 g/mol. The lowest BCUT2D eigenvalue weighted by molar-refractivity contribution is -0.121. The van der Waals surface area contributed by atoms with Crippen molar-refractivity contribution in [2.24, 2.45) is 0 Å². The average Bonchev–Trinajstić information content (AvgIpc) is 2.39. The van der Waals surface area contributed by atoms with Gasteiger partial charge in [0.15, 0.2) is 0 Å². The van der Waals surface area contributed by atoms with E-state index in [1.165, 1.54) is 12.1 Å². The van der Waals surface area contributed by atoms with E-state index in [9.17, 15) is 4.79 Å². The number of Topliss-reactive ketones (excluding diaryl/α,β-unsaturated/α-hetero) is 1. The van der Waals surface area contributed by atoms with Crippen molar-refractivity contribution in [1.82, 2.24) is 0 Å². The second-order valence-electron chi connectivity index (χ2n) is 5.41. The second-order valence-corrected chi connectivity index (χ2v) is 6.26. The van der Waals surface area contributed by atoms with Crippen molar-refractivity contribution in [3.8, 4) is 5.75 Å². The molecule has 3 nitrogen and oxygen atoms in total. The Labute approximate surface area is 122 Å². The van der Waals surface area contributed by atoms with Gasteiger partial charge in [0, 0.05) is 35.5 Å². The summed E-state index contributed by atoms with van der Waals surface area (Å²) in [5, 5.41) is 0. The van der Waals surface area contributed by atoms with Crippen LogP contribution < -0.4 is 9.64 Å². The summed E-state index contributed by atoms with van der Waals surface area (Å²) in [6, 6.07) is 6.79. The van der Waals surface area contributed by atoms with Crippen LogP contribution in [0.5, 0.6) is 5.75 Å². The van der Waals surface area contributed by atoms with Gasteiger partial charge in [-0.3, -0.25) is 4.79 Å². The number of rotatable bonds is 2. The Morgan fingerprint density at radius 1 is 1.26 bits per heavy atom. The van der Waals surface area contributed by atoms with Crippen LogP contribution in [0, 0.1) is 0 Å². The van der Waals surface area contributed by atoms with Crippen LogP contribution in [0.2, 0.25) is 0 Å². The first-order chi connectivity index (χ1) is 9.19. The summed E-state index contributed by atoms with van der Waals surface area (Å²) in [5.41, 5.74) is 1.17. The molecule has 2 bridgehead atoms. The molecule has 1 aromatic rings. The molecule has 102 valence electrons. The Morgan fingerprint density at radius 2 is 1.95 bits per heavy atom. The molecule has 4 heteroatoms. The third kappa shape index (κ3) is 2.38. The number of hydrogen-bond donors (Lipinski definition) is 0. The lowest BCUT2D eigenvalue weighted by Crippen LogP contribution is -2.52. The van der Waals surface area contributed by atoms with Gasteiger partial charge in [0.1, 0.15) is 11.5 Å². The van der Waals surface area contributed by atoms with Crippen LogP contribution in [-0.4, -0.2) is 25.0 Å². The summed E-state index contributed by atoms with van der Waals surface area (Å²) >= 11 is 3.64. The first kappa shape index (κ1) is 13.0. The fourth-order valence-electron chi connectivity index (χ4n) is 3.39. The summed E-state index contributed by atoms with van der Waals surface area (Å²) in [4.78, 5) is 14.2. The zero-order valence-corrected chi connectivity index (χ0v) is 12.6. The maximum Gasteiger partial charge on any atom is 0.137 e. The third-order valence-corrected chi connectivity index (χ3v) is 4.89. The van der Waals surface area contributed by atoms with Crippen LogP contribution in [0.4, 0.5) is 5.69 Å². The van der Waals surface area contributed by atoms with Crippen LogP contribution >= 0.6 is 15.9 Å². The van der Waals surface area contributed by atoms with E-state index in [2.05, 4.69) is 26.9 Å². The van der Waals surface area contributed by atoms with Crippen LogP contribution in [0.25, 0.3) is 0 Å². The third-order valence-electron chi connectivity index (χ3n) is 4.22. The minimum Gasteiger partial charge on any atom is -0.497 e. The number of anilines is 1. The summed E-state index contributed by atoms with van der Waals surface area (Å²) in [7, 11) is 1.69. The van der Waals surface area contributed by atoms with Crippen molar-refractivity contribution >= 4 is 27.4 Å². The van der Waals surface area contributed by atoms with E-state index in [4.69, 9.17) is 4.74 Å². The fraction of sp³-hybridized carbons (Fsp3) is 0.533. The van der Waals surface area contributed by atoms with Gasteiger partial charge in [-0.25, -0.2) is 0 Å². The Balaban J connectivity index is 1.98. The fourth-order valence-corrected chi connectivity index (χ4v) is 3.84. The second kappa shape index (κ2) is 5.16. The number of halogens is 1. The molecule has 2 aliphatic heterocycles. The van der Waals surface area contributed by atoms with E-state index in [0.29, 0.717) is 30.7 Å². The quantitative estimate of drug-likeness (QED) is 0.833. The zero-order valence-electron chi connectivity index (χ0n) is 11.1. The number of carbonyl (C=O) groups is 1. The number of piperidine rings is 2. The Morgan fingerprint density at radius 3 is 2.58 bits per heavy atom. The minimum absolute atomic E-state index is 0.364. The van der Waals surface area contributed by atoms with Gasteiger partial charge in [-0.1, -0.05) is 0 Å². The Kier molecular flexibility index (Phi) is 3.52. The first-order valence-corrected chi connectivity index (χ1v) is 7.62. The lowest BCUT2D eigenvalue weighted by Gasteiger charge is -2.47. The molecule has 1 aromatic carbocycles. The molecule has 2 saturated heterocycles. The lowest BCUT2D eigenvalue weighted by atomic mass is 9.83. The highest BCUT2D eigenvalue weighted by atomic mass is 79.9. The number of ketones is 1. The summed E-state index contributed by atoms with van der Waals surface area (Å²) in [6.07, 6.45) is 4.86. The van der Waals surface area contributed by atoms with E-state index in [1.807, 2.05) is 12.1 Å². The summed E-state index contributed by atoms with van der Waals surface area (Å²) < 4.78 is 6.41. The van der Waals surface area contributed by atoms with Crippen LogP contribution in [0.3, 0.4) is 0 Å². The number of hydrogen-bond acceptors (Lipinski definition) is 3. The molecule has 0 N–H and O–H groups in total. The highest BCUT2D eigenvalue weighted by Gasteiger charge is 2.38. The van der Waals surface area contributed by atoms with Gasteiger partial charge >= 0.3 is 0 Å². The minimum atomic E-state index is 0.364. The monoisotopic (exact) mass is 323 g/mol. The number of fused-ring (bicyclic) bond motifs is 2. The predicted octanol–water partition coefficient (Wildman–Crippen LogP) is 3.55. The van der Waals surface area contributed by atoms with E-state index in [-0.39, 0.29) is 0 Å². The molecule has 2 fully saturated rings. The Hall–Kier alpha value is -1.03. The van der Waals surface area contributed by atoms with Gasteiger partial charge in [-0.05, 0) is 47.3 Å². The molecule has 0 aliphatic carbocycles. The van der Waals surface area contributed by atoms with Crippen molar-refractivity contribution in [3.05, 3.63) is 22.7 Å². The standard InChI is InChI=1S/C15H18BrNO2/c1-19-13-5-6-14(16)15(9-13)17-10-3-2-4-11(17)8-12(18)7-10/h5-6,9-11H,2-4,7-8H2,1H3. The number of methoxy groups -OCH3 is 1. The number of benzene rings is 1. The molecule has 2 unspecified atom stereocenters. The number of nitrogens with zero attached hydrogens (tertiary/aromatic N) is 1. The van der Waals surface area contributed by atoms with Crippen molar-refractivity contribution in [2.45, 2.75) is 44.2 Å². The van der Waals surface area contributed by atoms with Gasteiger partial charge in [0.25, 0.3) is 0 Å². The highest BCUT2D eigenvalue weighted by molar-refractivity contribution is 9.10. The SMILES string of the molecule is COc1ccc(Br)c(N2C3CCCC2CC(=O)C3)c1. The molecule has 0 saturated carbocycles. The van der Waals surface area contributed by atoms with Crippen molar-refractivity contribution in [3.63, 3.8) is 0 Å². The van der Waals surface area contributed by atoms with Gasteiger partial charge in [-0.15, -0.1) is 0 Å². The molecule has 19 heavy (non-hydrogen) atoms. The highest BCUT2D eigenvalue weighted by Crippen LogP contribution is 2.40. The van der Waals surface area contributed by atoms with Gasteiger partial charge in [-0.2, -0.15) is 0 Å². The van der Waals surface area contributed by atoms with Crippen molar-refractivity contribution in [1.29, 1.82) is 0 Å². The normalized spacial score (nSPS) is 26.4. The molecule has 2 atom stereocenters. The molecule has 0 amide bonds. The molecule has 3 rings (SSSR count). The maximum absolute atomic E-state index is 11.8. The van der Waals surface area contributed by atoms with Gasteiger partial charge in [0.05, 0.1) is 12.8 Å². The number of carbonyl (C=O) groups excluding carboxylic acids is 1. The molecule has 0 aromatic heterocycles. The van der Waals surface area contributed by atoms with Crippen molar-refractivity contribution in [2.75, 3.05) is 12.0 Å². The number of ether oxygens (including phenoxy) is 1. The van der Waals surface area contributed by atoms with Crippen molar-refractivity contribution < 1.29 is 9.53 Å². The molecule has 2 aliphatic rings. The molecule has 0 spiro atoms. The largest absolute Gasteiger partial charge is 0.497 e. The summed E-state index contributed by atoms with van der Waals surface area (Å²) in [6.45, 7) is 0. The van der Waals surface area contributed by atoms with Gasteiger partial charge in [0.2, 0.25) is 0 Å².